The number of benzene rings is 3. The van der Waals surface area contributed by atoms with Gasteiger partial charge in [0, 0.05) is 9.89 Å². The van der Waals surface area contributed by atoms with Gasteiger partial charge in [-0.15, -0.1) is 0 Å². The highest BCUT2D eigenvalue weighted by atomic mass is 79.9. The highest BCUT2D eigenvalue weighted by molar-refractivity contribution is 9.10. The highest BCUT2D eigenvalue weighted by Gasteiger charge is 2.35. The van der Waals surface area contributed by atoms with Crippen LogP contribution in [0.25, 0.3) is 22.3 Å². The fourth-order valence-corrected chi connectivity index (χ4v) is 4.55. The van der Waals surface area contributed by atoms with E-state index in [0.717, 1.165) is 10.0 Å². The molecule has 0 spiro atoms. The van der Waals surface area contributed by atoms with E-state index in [0.29, 0.717) is 0 Å². The lowest BCUT2D eigenvalue weighted by Crippen LogP contribution is -2.15. The third-order valence-corrected chi connectivity index (χ3v) is 6.80. The Morgan fingerprint density at radius 2 is 1.24 bits per heavy atom. The van der Waals surface area contributed by atoms with Crippen LogP contribution in [0.2, 0.25) is 0 Å². The molecule has 0 N–H and O–H groups in total. The third-order valence-electron chi connectivity index (χ3n) is 6.27. The summed E-state index contributed by atoms with van der Waals surface area (Å²) in [7, 11) is 0. The van der Waals surface area contributed by atoms with Crippen molar-refractivity contribution in [3.63, 3.8) is 0 Å². The number of allylic oxidation sites excluding steroid dienone is 7. The number of halogens is 1. The van der Waals surface area contributed by atoms with Crippen LogP contribution >= 0.6 is 15.9 Å². The second kappa shape index (κ2) is 16.0. The first-order chi connectivity index (χ1) is 17.9. The van der Waals surface area contributed by atoms with Crippen molar-refractivity contribution < 1.29 is 0 Å². The molecule has 37 heavy (non-hydrogen) atoms. The summed E-state index contributed by atoms with van der Waals surface area (Å²) >= 11 is 3.52. The minimum absolute atomic E-state index is 0.00332. The van der Waals surface area contributed by atoms with Gasteiger partial charge in [0.1, 0.15) is 0 Å². The largest absolute Gasteiger partial charge is 0.0984 e. The monoisotopic (exact) mass is 556 g/mol. The van der Waals surface area contributed by atoms with Crippen LogP contribution in [-0.2, 0) is 5.41 Å². The van der Waals surface area contributed by atoms with Gasteiger partial charge >= 0.3 is 0 Å². The Bertz CT molecular complexity index is 1210. The van der Waals surface area contributed by atoms with Gasteiger partial charge in [-0.05, 0) is 89.6 Å². The molecular formula is C36H45Br. The fraction of sp³-hybridized carbons (Fsp3) is 0.278. The summed E-state index contributed by atoms with van der Waals surface area (Å²) in [5, 5.41) is 0. The Morgan fingerprint density at radius 1 is 0.703 bits per heavy atom. The lowest BCUT2D eigenvalue weighted by molar-refractivity contribution is 0.660. The summed E-state index contributed by atoms with van der Waals surface area (Å²) in [5.41, 5.74) is 10.2. The van der Waals surface area contributed by atoms with Gasteiger partial charge in [0.15, 0.2) is 0 Å². The van der Waals surface area contributed by atoms with Crippen LogP contribution in [0, 0.1) is 0 Å². The summed E-state index contributed by atoms with van der Waals surface area (Å²) in [6, 6.07) is 24.0. The molecule has 0 bridgehead atoms. The molecule has 0 saturated heterocycles. The van der Waals surface area contributed by atoms with Gasteiger partial charge in [-0.1, -0.05) is 137 Å². The van der Waals surface area contributed by atoms with Crippen LogP contribution in [0.4, 0.5) is 0 Å². The molecule has 0 atom stereocenters. The second-order valence-corrected chi connectivity index (χ2v) is 9.57. The van der Waals surface area contributed by atoms with Crippen molar-refractivity contribution in [1.82, 2.24) is 0 Å². The standard InChI is InChI=1S/C28H25Br.C4H8.2C2H6/c1-5-19(21-11-14-23(29)15-12-21)17-20(6-2)22-13-16-25-24-9-7-8-10-26(24)28(3,4)27(25)18-22;1-3-4-2;2*1-2/h5-18H,2H2,1,3-4H3;3-4H,1-2H3;2*1-2H3/b19-5+,20-17+;4-3-;;. The van der Waals surface area contributed by atoms with E-state index in [1.54, 1.807) is 0 Å². The molecule has 0 saturated carbocycles. The second-order valence-electron chi connectivity index (χ2n) is 8.65. The molecule has 0 heterocycles. The van der Waals surface area contributed by atoms with Crippen LogP contribution in [0.3, 0.4) is 0 Å². The minimum Gasteiger partial charge on any atom is -0.0984 e. The zero-order valence-electron chi connectivity index (χ0n) is 24.3. The van der Waals surface area contributed by atoms with Gasteiger partial charge in [-0.2, -0.15) is 0 Å². The van der Waals surface area contributed by atoms with Crippen LogP contribution in [0.5, 0.6) is 0 Å². The summed E-state index contributed by atoms with van der Waals surface area (Å²) in [5.74, 6) is 0. The van der Waals surface area contributed by atoms with E-state index in [1.165, 1.54) is 39.0 Å². The molecule has 196 valence electrons. The Kier molecular flexibility index (Phi) is 13.9. The number of rotatable bonds is 4. The minimum atomic E-state index is 0.00332. The number of hydrogen-bond acceptors (Lipinski definition) is 0. The summed E-state index contributed by atoms with van der Waals surface area (Å²) in [6.45, 7) is 22.8. The SMILES string of the molecule is C/C=C\C.C=C/C(=C\C(=C/C)c1ccc(Br)cc1)c1ccc2c(c1)C(C)(C)c1ccccc1-2.CC.CC. The van der Waals surface area contributed by atoms with Gasteiger partial charge in [0.05, 0.1) is 0 Å². The van der Waals surface area contributed by atoms with E-state index in [-0.39, 0.29) is 5.41 Å². The zero-order valence-corrected chi connectivity index (χ0v) is 25.9. The maximum atomic E-state index is 4.10. The predicted octanol–water partition coefficient (Wildman–Crippen LogP) is 12.1. The maximum absolute atomic E-state index is 4.10. The van der Waals surface area contributed by atoms with Gasteiger partial charge in [-0.3, -0.25) is 0 Å². The average molecular weight is 558 g/mol. The Labute approximate surface area is 235 Å². The first-order valence-corrected chi connectivity index (χ1v) is 14.2. The Morgan fingerprint density at radius 3 is 1.78 bits per heavy atom. The smallest absolute Gasteiger partial charge is 0.0175 e. The summed E-state index contributed by atoms with van der Waals surface area (Å²) < 4.78 is 1.09. The first-order valence-electron chi connectivity index (χ1n) is 13.5. The Balaban J connectivity index is 0.000000767. The van der Waals surface area contributed by atoms with Crippen LogP contribution < -0.4 is 0 Å². The molecule has 0 aliphatic heterocycles. The first kappa shape index (κ1) is 32.1. The van der Waals surface area contributed by atoms with E-state index in [9.17, 15) is 0 Å². The predicted molar refractivity (Wildman–Crippen MR) is 173 cm³/mol. The fourth-order valence-electron chi connectivity index (χ4n) is 4.29. The zero-order chi connectivity index (χ0) is 28.0. The van der Waals surface area contributed by atoms with E-state index < -0.39 is 0 Å². The molecule has 1 aliphatic rings. The van der Waals surface area contributed by atoms with Crippen molar-refractivity contribution in [3.8, 4) is 11.1 Å². The molecular weight excluding hydrogens is 512 g/mol. The van der Waals surface area contributed by atoms with Crippen molar-refractivity contribution in [1.29, 1.82) is 0 Å². The number of hydrogen-bond donors (Lipinski definition) is 0. The van der Waals surface area contributed by atoms with Crippen LogP contribution in [0.15, 0.2) is 108 Å². The average Bonchev–Trinajstić information content (AvgIpc) is 3.18. The molecule has 0 fully saturated rings. The van der Waals surface area contributed by atoms with Crippen LogP contribution in [0.1, 0.15) is 84.6 Å². The Hall–Kier alpha value is -2.90. The molecule has 0 radical (unpaired) electrons. The lowest BCUT2D eigenvalue weighted by atomic mass is 9.81. The normalized spacial score (nSPS) is 13.1. The van der Waals surface area contributed by atoms with Gasteiger partial charge in [-0.25, -0.2) is 0 Å². The molecule has 0 nitrogen and oxygen atoms in total. The van der Waals surface area contributed by atoms with Crippen molar-refractivity contribution >= 4 is 27.1 Å². The molecule has 3 aromatic carbocycles. The quantitative estimate of drug-likeness (QED) is 0.221. The summed E-state index contributed by atoms with van der Waals surface area (Å²) in [4.78, 5) is 0. The molecule has 3 aromatic rings. The van der Waals surface area contributed by atoms with Gasteiger partial charge in [0.25, 0.3) is 0 Å². The summed E-state index contributed by atoms with van der Waals surface area (Å²) in [6.07, 6.45) is 10.3. The highest BCUT2D eigenvalue weighted by Crippen LogP contribution is 2.49. The third kappa shape index (κ3) is 7.79. The van der Waals surface area contributed by atoms with E-state index in [1.807, 2.05) is 59.8 Å². The molecule has 1 aliphatic carbocycles. The van der Waals surface area contributed by atoms with Crippen molar-refractivity contribution in [2.45, 2.75) is 67.7 Å². The molecule has 0 amide bonds. The maximum Gasteiger partial charge on any atom is 0.0175 e. The lowest BCUT2D eigenvalue weighted by Gasteiger charge is -2.22. The van der Waals surface area contributed by atoms with Crippen molar-refractivity contribution in [3.05, 3.63) is 130 Å². The van der Waals surface area contributed by atoms with Gasteiger partial charge < -0.3 is 0 Å². The van der Waals surface area contributed by atoms with Gasteiger partial charge in [0.2, 0.25) is 0 Å². The molecule has 0 unspecified atom stereocenters. The van der Waals surface area contributed by atoms with E-state index in [4.69, 9.17) is 0 Å². The van der Waals surface area contributed by atoms with Crippen LogP contribution in [-0.4, -0.2) is 0 Å². The molecule has 1 heteroatoms. The van der Waals surface area contributed by atoms with E-state index in [2.05, 4.69) is 122 Å². The molecule has 0 aromatic heterocycles. The number of fused-ring (bicyclic) bond motifs is 3. The van der Waals surface area contributed by atoms with E-state index >= 15 is 0 Å². The van der Waals surface area contributed by atoms with Crippen molar-refractivity contribution in [2.24, 2.45) is 0 Å². The van der Waals surface area contributed by atoms with Crippen molar-refractivity contribution in [2.75, 3.05) is 0 Å². The topological polar surface area (TPSA) is 0 Å². The molecule has 4 rings (SSSR count).